The number of carbonyl (C=O) groups excluding carboxylic acids is 2. The van der Waals surface area contributed by atoms with E-state index in [2.05, 4.69) is 15.4 Å². The molecule has 176 valence electrons. The smallest absolute Gasteiger partial charge is 0.275 e. The minimum atomic E-state index is -0.450. The molecule has 1 unspecified atom stereocenters. The maximum atomic E-state index is 13.0. The van der Waals surface area contributed by atoms with Crippen molar-refractivity contribution < 1.29 is 9.59 Å². The second-order valence-electron chi connectivity index (χ2n) is 8.73. The topological polar surface area (TPSA) is 97.2 Å². The van der Waals surface area contributed by atoms with Gasteiger partial charge >= 0.3 is 0 Å². The van der Waals surface area contributed by atoms with Gasteiger partial charge in [0.2, 0.25) is 11.8 Å². The van der Waals surface area contributed by atoms with Gasteiger partial charge in [0, 0.05) is 30.2 Å². The first kappa shape index (κ1) is 22.5. The first-order chi connectivity index (χ1) is 17.0. The third kappa shape index (κ3) is 4.68. The molecular weight excluding hydrogens is 442 g/mol. The summed E-state index contributed by atoms with van der Waals surface area (Å²) in [6, 6.07) is 20.4. The maximum absolute atomic E-state index is 13.0. The van der Waals surface area contributed by atoms with E-state index >= 15 is 0 Å². The van der Waals surface area contributed by atoms with E-state index in [1.165, 1.54) is 4.68 Å². The lowest BCUT2D eigenvalue weighted by molar-refractivity contribution is -0.126. The van der Waals surface area contributed by atoms with Crippen LogP contribution < -0.4 is 15.8 Å². The van der Waals surface area contributed by atoms with E-state index in [-0.39, 0.29) is 36.9 Å². The monoisotopic (exact) mass is 467 g/mol. The van der Waals surface area contributed by atoms with Gasteiger partial charge in [-0.15, -0.1) is 0 Å². The van der Waals surface area contributed by atoms with Gasteiger partial charge in [-0.05, 0) is 37.3 Å². The fourth-order valence-electron chi connectivity index (χ4n) is 4.36. The first-order valence-electron chi connectivity index (χ1n) is 11.5. The van der Waals surface area contributed by atoms with Crippen LogP contribution in [0.25, 0.3) is 10.8 Å². The molecule has 8 nitrogen and oxygen atoms in total. The van der Waals surface area contributed by atoms with Crippen molar-refractivity contribution in [2.75, 3.05) is 11.4 Å². The summed E-state index contributed by atoms with van der Waals surface area (Å²) in [6.07, 6.45) is 1.83. The van der Waals surface area contributed by atoms with Gasteiger partial charge in [-0.3, -0.25) is 19.4 Å². The van der Waals surface area contributed by atoms with Gasteiger partial charge in [-0.1, -0.05) is 42.0 Å². The highest BCUT2D eigenvalue weighted by Crippen LogP contribution is 2.25. The third-order valence-electron chi connectivity index (χ3n) is 6.25. The molecule has 0 spiro atoms. The molecule has 5 rings (SSSR count). The quantitative estimate of drug-likeness (QED) is 0.470. The Hall–Kier alpha value is -4.33. The van der Waals surface area contributed by atoms with E-state index < -0.39 is 5.92 Å². The Labute approximate surface area is 202 Å². The fourth-order valence-corrected chi connectivity index (χ4v) is 4.36. The standard InChI is InChI=1S/C27H25N5O3/c1-18-9-11-21(12-10-18)31-16-19(14-25(31)33)26(34)29-15-24-22-7-2-3-8-23(22)27(35)32(30-24)17-20-6-4-5-13-28-20/h2-13,19H,14-17H2,1H3,(H,29,34). The van der Waals surface area contributed by atoms with Crippen molar-refractivity contribution in [2.45, 2.75) is 26.4 Å². The summed E-state index contributed by atoms with van der Waals surface area (Å²) in [5.41, 5.74) is 3.00. The summed E-state index contributed by atoms with van der Waals surface area (Å²) in [5.74, 6) is -0.725. The third-order valence-corrected chi connectivity index (χ3v) is 6.25. The average molecular weight is 468 g/mol. The van der Waals surface area contributed by atoms with Crippen molar-refractivity contribution >= 4 is 28.3 Å². The number of carbonyl (C=O) groups is 2. The van der Waals surface area contributed by atoms with E-state index in [4.69, 9.17) is 0 Å². The van der Waals surface area contributed by atoms with Crippen LogP contribution in [0.3, 0.4) is 0 Å². The lowest BCUT2D eigenvalue weighted by Gasteiger charge is -2.17. The van der Waals surface area contributed by atoms with Crippen LogP contribution >= 0.6 is 0 Å². The summed E-state index contributed by atoms with van der Waals surface area (Å²) in [5, 5.41) is 8.71. The van der Waals surface area contributed by atoms with Gasteiger partial charge in [0.05, 0.1) is 35.8 Å². The molecule has 1 saturated heterocycles. The Morgan fingerprint density at radius 2 is 1.74 bits per heavy atom. The van der Waals surface area contributed by atoms with Crippen LogP contribution in [0.15, 0.2) is 77.7 Å². The number of pyridine rings is 1. The van der Waals surface area contributed by atoms with Crippen LogP contribution in [-0.4, -0.2) is 33.1 Å². The van der Waals surface area contributed by atoms with Crippen LogP contribution in [-0.2, 0) is 22.7 Å². The molecule has 0 saturated carbocycles. The summed E-state index contributed by atoms with van der Waals surface area (Å²) in [4.78, 5) is 44.5. The molecule has 2 aromatic carbocycles. The van der Waals surface area contributed by atoms with E-state index in [0.29, 0.717) is 28.7 Å². The van der Waals surface area contributed by atoms with Crippen LogP contribution in [0.1, 0.15) is 23.4 Å². The molecule has 1 aliphatic heterocycles. The van der Waals surface area contributed by atoms with Crippen molar-refractivity contribution in [1.29, 1.82) is 0 Å². The zero-order valence-electron chi connectivity index (χ0n) is 19.3. The number of benzene rings is 2. The zero-order valence-corrected chi connectivity index (χ0v) is 19.3. The van der Waals surface area contributed by atoms with Crippen molar-refractivity contribution in [3.63, 3.8) is 0 Å². The molecule has 0 aliphatic carbocycles. The molecule has 3 heterocycles. The molecule has 0 bridgehead atoms. The van der Waals surface area contributed by atoms with E-state index in [0.717, 1.165) is 11.3 Å². The summed E-state index contributed by atoms with van der Waals surface area (Å²) in [7, 11) is 0. The van der Waals surface area contributed by atoms with Crippen molar-refractivity contribution in [1.82, 2.24) is 20.1 Å². The second kappa shape index (κ2) is 9.50. The van der Waals surface area contributed by atoms with Gasteiger partial charge in [-0.2, -0.15) is 5.10 Å². The molecule has 35 heavy (non-hydrogen) atoms. The van der Waals surface area contributed by atoms with Crippen LogP contribution in [0.4, 0.5) is 5.69 Å². The Bertz CT molecular complexity index is 1450. The van der Waals surface area contributed by atoms with E-state index in [1.807, 2.05) is 61.5 Å². The minimum Gasteiger partial charge on any atom is -0.350 e. The van der Waals surface area contributed by atoms with Crippen LogP contribution in [0, 0.1) is 12.8 Å². The lowest BCUT2D eigenvalue weighted by Crippen LogP contribution is -2.34. The van der Waals surface area contributed by atoms with Crippen molar-refractivity contribution in [3.8, 4) is 0 Å². The van der Waals surface area contributed by atoms with Gasteiger partial charge in [0.15, 0.2) is 0 Å². The number of aryl methyl sites for hydroxylation is 1. The second-order valence-corrected chi connectivity index (χ2v) is 8.73. The van der Waals surface area contributed by atoms with Gasteiger partial charge in [0.25, 0.3) is 5.56 Å². The number of aromatic nitrogens is 3. The molecule has 2 aromatic heterocycles. The molecule has 0 radical (unpaired) electrons. The van der Waals surface area contributed by atoms with E-state index in [1.54, 1.807) is 23.2 Å². The summed E-state index contributed by atoms with van der Waals surface area (Å²) < 4.78 is 1.38. The molecule has 1 N–H and O–H groups in total. The Morgan fingerprint density at radius 3 is 2.49 bits per heavy atom. The molecule has 1 aliphatic rings. The summed E-state index contributed by atoms with van der Waals surface area (Å²) >= 11 is 0. The highest BCUT2D eigenvalue weighted by molar-refractivity contribution is 6.00. The summed E-state index contributed by atoms with van der Waals surface area (Å²) in [6.45, 7) is 2.70. The van der Waals surface area contributed by atoms with Crippen molar-refractivity contribution in [2.24, 2.45) is 5.92 Å². The Morgan fingerprint density at radius 1 is 1.00 bits per heavy atom. The van der Waals surface area contributed by atoms with Crippen LogP contribution in [0.2, 0.25) is 0 Å². The molecular formula is C27H25N5O3. The first-order valence-corrected chi connectivity index (χ1v) is 11.5. The molecule has 8 heteroatoms. The number of fused-ring (bicyclic) bond motifs is 1. The lowest BCUT2D eigenvalue weighted by atomic mass is 10.1. The average Bonchev–Trinajstić information content (AvgIpc) is 3.27. The highest BCUT2D eigenvalue weighted by atomic mass is 16.2. The predicted octanol–water partition coefficient (Wildman–Crippen LogP) is 2.82. The Balaban J connectivity index is 1.34. The van der Waals surface area contributed by atoms with Crippen LogP contribution in [0.5, 0.6) is 0 Å². The number of anilines is 1. The SMILES string of the molecule is Cc1ccc(N2CC(C(=O)NCc3nn(Cc4ccccn4)c(=O)c4ccccc34)CC2=O)cc1. The zero-order chi connectivity index (χ0) is 24.4. The number of hydrogen-bond acceptors (Lipinski definition) is 5. The molecule has 2 amide bonds. The van der Waals surface area contributed by atoms with Gasteiger partial charge in [0.1, 0.15) is 0 Å². The number of hydrogen-bond donors (Lipinski definition) is 1. The Kier molecular flexibility index (Phi) is 6.10. The molecule has 4 aromatic rings. The van der Waals surface area contributed by atoms with Gasteiger partial charge in [-0.25, -0.2) is 4.68 Å². The highest BCUT2D eigenvalue weighted by Gasteiger charge is 2.35. The van der Waals surface area contributed by atoms with Gasteiger partial charge < -0.3 is 10.2 Å². The minimum absolute atomic E-state index is 0.0681. The molecule has 1 fully saturated rings. The number of nitrogens with one attached hydrogen (secondary N) is 1. The molecule has 1 atom stereocenters. The maximum Gasteiger partial charge on any atom is 0.275 e. The van der Waals surface area contributed by atoms with Crippen molar-refractivity contribution in [3.05, 3.63) is 100 Å². The number of rotatable bonds is 6. The predicted molar refractivity (Wildman–Crippen MR) is 133 cm³/mol. The number of amides is 2. The number of nitrogens with zero attached hydrogens (tertiary/aromatic N) is 4. The normalized spacial score (nSPS) is 15.5. The fraction of sp³-hybridized carbons (Fsp3) is 0.222. The van der Waals surface area contributed by atoms with E-state index in [9.17, 15) is 14.4 Å². The largest absolute Gasteiger partial charge is 0.350 e.